The van der Waals surface area contributed by atoms with E-state index in [1.54, 1.807) is 14.0 Å². The summed E-state index contributed by atoms with van der Waals surface area (Å²) in [4.78, 5) is 11.3. The fourth-order valence-corrected chi connectivity index (χ4v) is 0.802. The van der Waals surface area contributed by atoms with E-state index in [4.69, 9.17) is 15.7 Å². The molecule has 0 saturated carbocycles. The molecule has 0 aromatic carbocycles. The number of carbonyl (C=O) groups excluding carboxylic acids is 1. The molecule has 1 atom stereocenters. The van der Waals surface area contributed by atoms with Crippen LogP contribution in [0.25, 0.3) is 0 Å². The molecule has 0 aliphatic rings. The number of ether oxygens (including phenoxy) is 1. The monoisotopic (exact) mass is 203 g/mol. The summed E-state index contributed by atoms with van der Waals surface area (Å²) in [5.74, 6) is -0.951. The maximum atomic E-state index is 11.3. The Morgan fingerprint density at radius 1 is 1.71 bits per heavy atom. The highest BCUT2D eigenvalue weighted by atomic mass is 16.5. The minimum absolute atomic E-state index is 0.0887. The molecule has 0 aromatic rings. The minimum atomic E-state index is -0.609. The van der Waals surface area contributed by atoms with E-state index in [-0.39, 0.29) is 11.7 Å². The lowest BCUT2D eigenvalue weighted by Crippen LogP contribution is -2.37. The van der Waals surface area contributed by atoms with Gasteiger partial charge in [-0.15, -0.1) is 0 Å². The van der Waals surface area contributed by atoms with Gasteiger partial charge < -0.3 is 21.0 Å². The van der Waals surface area contributed by atoms with Crippen molar-refractivity contribution < 1.29 is 14.7 Å². The van der Waals surface area contributed by atoms with Crippen LogP contribution in [0.2, 0.25) is 0 Å². The summed E-state index contributed by atoms with van der Waals surface area (Å²) in [7, 11) is 1.60. The van der Waals surface area contributed by atoms with Crippen LogP contribution in [0.3, 0.4) is 0 Å². The van der Waals surface area contributed by atoms with Crippen LogP contribution in [0, 0.1) is 5.92 Å². The predicted octanol–water partition coefficient (Wildman–Crippen LogP) is -0.478. The van der Waals surface area contributed by atoms with Crippen molar-refractivity contribution in [2.75, 3.05) is 20.3 Å². The largest absolute Gasteiger partial charge is 0.409 e. The van der Waals surface area contributed by atoms with Gasteiger partial charge in [0, 0.05) is 20.3 Å². The standard InChI is InChI=1S/C8H17N3O3/c1-6(7(9)11-13)8(12)10-4-3-5-14-2/h6,13H,3-5H2,1-2H3,(H2,9,11)(H,10,12). The number of nitrogens with two attached hydrogens (primary N) is 1. The maximum Gasteiger partial charge on any atom is 0.230 e. The van der Waals surface area contributed by atoms with E-state index in [0.717, 1.165) is 6.42 Å². The average Bonchev–Trinajstić information content (AvgIpc) is 2.21. The van der Waals surface area contributed by atoms with Gasteiger partial charge in [-0.1, -0.05) is 5.16 Å². The number of nitrogens with zero attached hydrogens (tertiary/aromatic N) is 1. The quantitative estimate of drug-likeness (QED) is 0.178. The van der Waals surface area contributed by atoms with Crippen molar-refractivity contribution in [3.8, 4) is 0 Å². The summed E-state index contributed by atoms with van der Waals surface area (Å²) in [5, 5.41) is 13.7. The molecule has 0 fully saturated rings. The normalized spacial score (nSPS) is 13.7. The molecule has 1 unspecified atom stereocenters. The Kier molecular flexibility index (Phi) is 6.47. The maximum absolute atomic E-state index is 11.3. The average molecular weight is 203 g/mol. The molecule has 0 aliphatic carbocycles. The van der Waals surface area contributed by atoms with Crippen LogP contribution in [0.15, 0.2) is 5.16 Å². The number of hydrogen-bond donors (Lipinski definition) is 3. The molecule has 4 N–H and O–H groups in total. The molecule has 0 saturated heterocycles. The van der Waals surface area contributed by atoms with E-state index in [1.807, 2.05) is 0 Å². The van der Waals surface area contributed by atoms with Crippen molar-refractivity contribution >= 4 is 11.7 Å². The SMILES string of the molecule is COCCCNC(=O)C(C)C(N)=NO. The van der Waals surface area contributed by atoms with Crippen molar-refractivity contribution in [2.45, 2.75) is 13.3 Å². The van der Waals surface area contributed by atoms with Crippen molar-refractivity contribution in [2.24, 2.45) is 16.8 Å². The van der Waals surface area contributed by atoms with Crippen LogP contribution in [-0.4, -0.2) is 37.2 Å². The van der Waals surface area contributed by atoms with Crippen LogP contribution >= 0.6 is 0 Å². The molecule has 0 heterocycles. The van der Waals surface area contributed by atoms with Gasteiger partial charge in [-0.3, -0.25) is 4.79 Å². The summed E-state index contributed by atoms with van der Waals surface area (Å²) in [6.07, 6.45) is 0.741. The van der Waals surface area contributed by atoms with Gasteiger partial charge >= 0.3 is 0 Å². The zero-order valence-corrected chi connectivity index (χ0v) is 8.49. The first-order valence-electron chi connectivity index (χ1n) is 4.37. The van der Waals surface area contributed by atoms with E-state index < -0.39 is 5.92 Å². The number of hydrogen-bond acceptors (Lipinski definition) is 4. The van der Waals surface area contributed by atoms with Gasteiger partial charge in [0.25, 0.3) is 0 Å². The first-order valence-corrected chi connectivity index (χ1v) is 4.37. The van der Waals surface area contributed by atoms with Crippen LogP contribution < -0.4 is 11.1 Å². The highest BCUT2D eigenvalue weighted by molar-refractivity contribution is 6.01. The van der Waals surface area contributed by atoms with Crippen LogP contribution in [-0.2, 0) is 9.53 Å². The van der Waals surface area contributed by atoms with Gasteiger partial charge in [0.2, 0.25) is 5.91 Å². The second kappa shape index (κ2) is 7.14. The molecule has 0 aromatic heterocycles. The third-order valence-corrected chi connectivity index (χ3v) is 1.78. The second-order valence-electron chi connectivity index (χ2n) is 2.88. The number of nitrogens with one attached hydrogen (secondary N) is 1. The smallest absolute Gasteiger partial charge is 0.230 e. The zero-order chi connectivity index (χ0) is 11.0. The Labute approximate surface area is 83.1 Å². The molecule has 1 amide bonds. The van der Waals surface area contributed by atoms with Crippen LogP contribution in [0.1, 0.15) is 13.3 Å². The Hall–Kier alpha value is -1.30. The molecule has 14 heavy (non-hydrogen) atoms. The van der Waals surface area contributed by atoms with Gasteiger partial charge in [0.15, 0.2) is 5.84 Å². The van der Waals surface area contributed by atoms with E-state index >= 15 is 0 Å². The first kappa shape index (κ1) is 12.7. The van der Waals surface area contributed by atoms with E-state index in [2.05, 4.69) is 10.5 Å². The second-order valence-corrected chi connectivity index (χ2v) is 2.88. The third-order valence-electron chi connectivity index (χ3n) is 1.78. The van der Waals surface area contributed by atoms with Crippen LogP contribution in [0.4, 0.5) is 0 Å². The topological polar surface area (TPSA) is 96.9 Å². The molecular weight excluding hydrogens is 186 g/mol. The summed E-state index contributed by atoms with van der Waals surface area (Å²) in [5.41, 5.74) is 5.26. The number of amidine groups is 1. The fraction of sp³-hybridized carbons (Fsp3) is 0.750. The van der Waals surface area contributed by atoms with Crippen molar-refractivity contribution in [1.29, 1.82) is 0 Å². The van der Waals surface area contributed by atoms with Gasteiger partial charge in [-0.25, -0.2) is 0 Å². The molecule has 0 bridgehead atoms. The van der Waals surface area contributed by atoms with Gasteiger partial charge in [-0.05, 0) is 13.3 Å². The highest BCUT2D eigenvalue weighted by Gasteiger charge is 2.16. The fourth-order valence-electron chi connectivity index (χ4n) is 0.802. The Morgan fingerprint density at radius 2 is 2.36 bits per heavy atom. The van der Waals surface area contributed by atoms with Crippen molar-refractivity contribution in [3.63, 3.8) is 0 Å². The first-order chi connectivity index (χ1) is 6.63. The molecule has 0 rings (SSSR count). The number of carbonyl (C=O) groups is 1. The molecule has 6 nitrogen and oxygen atoms in total. The summed E-state index contributed by atoms with van der Waals surface area (Å²) in [6, 6.07) is 0. The van der Waals surface area contributed by atoms with Crippen LogP contribution in [0.5, 0.6) is 0 Å². The Bertz CT molecular complexity index is 206. The van der Waals surface area contributed by atoms with Crippen molar-refractivity contribution in [1.82, 2.24) is 5.32 Å². The van der Waals surface area contributed by atoms with E-state index in [9.17, 15) is 4.79 Å². The molecule has 0 radical (unpaired) electrons. The summed E-state index contributed by atoms with van der Waals surface area (Å²) >= 11 is 0. The molecular formula is C8H17N3O3. The van der Waals surface area contributed by atoms with E-state index in [1.165, 1.54) is 0 Å². The third kappa shape index (κ3) is 4.66. The number of amides is 1. The minimum Gasteiger partial charge on any atom is -0.409 e. The lowest BCUT2D eigenvalue weighted by atomic mass is 10.1. The highest BCUT2D eigenvalue weighted by Crippen LogP contribution is 1.94. The van der Waals surface area contributed by atoms with Gasteiger partial charge in [-0.2, -0.15) is 0 Å². The molecule has 6 heteroatoms. The lowest BCUT2D eigenvalue weighted by Gasteiger charge is -2.09. The summed E-state index contributed by atoms with van der Waals surface area (Å²) < 4.78 is 4.81. The Balaban J connectivity index is 3.74. The van der Waals surface area contributed by atoms with Gasteiger partial charge in [0.1, 0.15) is 0 Å². The molecule has 0 spiro atoms. The number of rotatable bonds is 6. The Morgan fingerprint density at radius 3 is 2.86 bits per heavy atom. The zero-order valence-electron chi connectivity index (χ0n) is 8.49. The van der Waals surface area contributed by atoms with E-state index in [0.29, 0.717) is 13.2 Å². The van der Waals surface area contributed by atoms with Crippen molar-refractivity contribution in [3.05, 3.63) is 0 Å². The molecule has 0 aliphatic heterocycles. The number of methoxy groups -OCH3 is 1. The predicted molar refractivity (Wildman–Crippen MR) is 52.1 cm³/mol. The molecule has 82 valence electrons. The number of oxime groups is 1. The summed E-state index contributed by atoms with van der Waals surface area (Å²) in [6.45, 7) is 2.69. The van der Waals surface area contributed by atoms with Gasteiger partial charge in [0.05, 0.1) is 5.92 Å². The lowest BCUT2D eigenvalue weighted by molar-refractivity contribution is -0.122.